The Balaban J connectivity index is 1.64. The van der Waals surface area contributed by atoms with Crippen LogP contribution in [0.3, 0.4) is 0 Å². The summed E-state index contributed by atoms with van der Waals surface area (Å²) in [7, 11) is 0. The maximum atomic E-state index is 4.83. The molecule has 0 spiro atoms. The van der Waals surface area contributed by atoms with Crippen molar-refractivity contribution in [2.75, 3.05) is 16.8 Å². The summed E-state index contributed by atoms with van der Waals surface area (Å²) in [4.78, 5) is 12.0. The van der Waals surface area contributed by atoms with E-state index in [9.17, 15) is 0 Å². The van der Waals surface area contributed by atoms with Crippen molar-refractivity contribution in [2.45, 2.75) is 71.8 Å². The Morgan fingerprint density at radius 3 is 2.68 bits per heavy atom. The van der Waals surface area contributed by atoms with E-state index in [1.807, 2.05) is 6.92 Å². The fourth-order valence-corrected chi connectivity index (χ4v) is 4.71. The molecule has 2 aliphatic rings. The van der Waals surface area contributed by atoms with Crippen LogP contribution >= 0.6 is 15.9 Å². The van der Waals surface area contributed by atoms with Gasteiger partial charge in [-0.2, -0.15) is 0 Å². The highest BCUT2D eigenvalue weighted by Gasteiger charge is 2.30. The molecular formula is C23H31BrN4. The summed E-state index contributed by atoms with van der Waals surface area (Å²) in [5.41, 5.74) is 3.80. The van der Waals surface area contributed by atoms with Gasteiger partial charge in [0.25, 0.3) is 0 Å². The molecule has 1 saturated carbocycles. The van der Waals surface area contributed by atoms with Gasteiger partial charge in [-0.1, -0.05) is 39.7 Å². The van der Waals surface area contributed by atoms with Crippen molar-refractivity contribution in [2.24, 2.45) is 5.92 Å². The summed E-state index contributed by atoms with van der Waals surface area (Å²) in [6, 6.07) is 7.21. The Morgan fingerprint density at radius 2 is 2.04 bits per heavy atom. The van der Waals surface area contributed by atoms with Crippen LogP contribution in [0.2, 0.25) is 0 Å². The van der Waals surface area contributed by atoms with Crippen LogP contribution in [0.15, 0.2) is 22.7 Å². The number of hydrogen-bond acceptors (Lipinski definition) is 4. The minimum absolute atomic E-state index is 0.511. The van der Waals surface area contributed by atoms with Gasteiger partial charge in [-0.05, 0) is 71.6 Å². The number of nitrogens with zero attached hydrogens (tertiary/aromatic N) is 3. The van der Waals surface area contributed by atoms with E-state index < -0.39 is 0 Å². The molecule has 1 aliphatic carbocycles. The second-order valence-electron chi connectivity index (χ2n) is 8.62. The van der Waals surface area contributed by atoms with Crippen LogP contribution in [-0.2, 0) is 6.42 Å². The third kappa shape index (κ3) is 4.05. The molecule has 0 bridgehead atoms. The molecule has 2 heterocycles. The number of nitrogens with one attached hydrogen (secondary N) is 1. The molecule has 0 amide bonds. The Kier molecular flexibility index (Phi) is 5.64. The van der Waals surface area contributed by atoms with Crippen LogP contribution < -0.4 is 10.2 Å². The molecule has 4 nitrogen and oxygen atoms in total. The lowest BCUT2D eigenvalue weighted by Crippen LogP contribution is -2.21. The lowest BCUT2D eigenvalue weighted by Gasteiger charge is -2.23. The topological polar surface area (TPSA) is 41.1 Å². The van der Waals surface area contributed by atoms with Crippen molar-refractivity contribution in [3.8, 4) is 0 Å². The summed E-state index contributed by atoms with van der Waals surface area (Å²) in [5.74, 6) is 4.39. The zero-order chi connectivity index (χ0) is 19.8. The van der Waals surface area contributed by atoms with E-state index in [1.54, 1.807) is 0 Å². The Bertz CT molecular complexity index is 860. The third-order valence-corrected chi connectivity index (χ3v) is 6.65. The molecule has 5 heteroatoms. The van der Waals surface area contributed by atoms with E-state index in [4.69, 9.17) is 9.97 Å². The van der Waals surface area contributed by atoms with Crippen molar-refractivity contribution in [1.29, 1.82) is 0 Å². The van der Waals surface area contributed by atoms with Crippen LogP contribution in [0.1, 0.15) is 69.3 Å². The number of halogens is 1. The van der Waals surface area contributed by atoms with Gasteiger partial charge in [0.15, 0.2) is 0 Å². The maximum absolute atomic E-state index is 4.83. The van der Waals surface area contributed by atoms with Gasteiger partial charge in [0.1, 0.15) is 17.5 Å². The molecule has 1 aromatic carbocycles. The van der Waals surface area contributed by atoms with Crippen molar-refractivity contribution < 1.29 is 0 Å². The van der Waals surface area contributed by atoms with Crippen molar-refractivity contribution in [1.82, 2.24) is 9.97 Å². The molecular weight excluding hydrogens is 412 g/mol. The van der Waals surface area contributed by atoms with Gasteiger partial charge in [0.2, 0.25) is 0 Å². The predicted molar refractivity (Wildman–Crippen MR) is 121 cm³/mol. The monoisotopic (exact) mass is 442 g/mol. The van der Waals surface area contributed by atoms with Crippen LogP contribution in [-0.4, -0.2) is 22.6 Å². The summed E-state index contributed by atoms with van der Waals surface area (Å²) < 4.78 is 1.14. The number of fused-ring (bicyclic) bond motifs is 1. The lowest BCUT2D eigenvalue weighted by atomic mass is 10.0. The second-order valence-corrected chi connectivity index (χ2v) is 9.47. The van der Waals surface area contributed by atoms with Crippen LogP contribution in [0, 0.1) is 12.8 Å². The van der Waals surface area contributed by atoms with E-state index in [0.29, 0.717) is 12.0 Å². The van der Waals surface area contributed by atoms with Gasteiger partial charge in [0, 0.05) is 22.6 Å². The SMILES string of the molecule is CCC(CC1CC1)Nc1nc(C)nc2c1CCN2c1ccc(C(C)C)cc1Br. The first-order valence-electron chi connectivity index (χ1n) is 10.7. The molecule has 1 aliphatic heterocycles. The lowest BCUT2D eigenvalue weighted by molar-refractivity contribution is 0.584. The smallest absolute Gasteiger partial charge is 0.142 e. The third-order valence-electron chi connectivity index (χ3n) is 6.02. The molecule has 28 heavy (non-hydrogen) atoms. The van der Waals surface area contributed by atoms with Crippen molar-refractivity contribution in [3.63, 3.8) is 0 Å². The second kappa shape index (κ2) is 8.02. The highest BCUT2D eigenvalue weighted by atomic mass is 79.9. The van der Waals surface area contributed by atoms with E-state index in [1.165, 1.54) is 36.1 Å². The first kappa shape index (κ1) is 19.7. The van der Waals surface area contributed by atoms with Gasteiger partial charge >= 0.3 is 0 Å². The normalized spacial score (nSPS) is 17.1. The van der Waals surface area contributed by atoms with Crippen LogP contribution in [0.5, 0.6) is 0 Å². The number of rotatable bonds is 7. The maximum Gasteiger partial charge on any atom is 0.142 e. The molecule has 1 atom stereocenters. The van der Waals surface area contributed by atoms with Crippen molar-refractivity contribution >= 4 is 33.3 Å². The zero-order valence-electron chi connectivity index (χ0n) is 17.4. The molecule has 0 saturated heterocycles. The highest BCUT2D eigenvalue weighted by molar-refractivity contribution is 9.10. The minimum Gasteiger partial charge on any atom is -0.367 e. The molecule has 150 valence electrons. The van der Waals surface area contributed by atoms with E-state index in [0.717, 1.165) is 47.2 Å². The van der Waals surface area contributed by atoms with Crippen LogP contribution in [0.25, 0.3) is 0 Å². The van der Waals surface area contributed by atoms with Gasteiger partial charge in [0.05, 0.1) is 5.69 Å². The average molecular weight is 443 g/mol. The summed E-state index contributed by atoms with van der Waals surface area (Å²) in [6.45, 7) is 9.68. The number of aromatic nitrogens is 2. The number of hydrogen-bond donors (Lipinski definition) is 1. The van der Waals surface area contributed by atoms with E-state index in [2.05, 4.69) is 65.1 Å². The largest absolute Gasteiger partial charge is 0.367 e. The Morgan fingerprint density at radius 1 is 1.25 bits per heavy atom. The quantitative estimate of drug-likeness (QED) is 0.541. The Labute approximate surface area is 177 Å². The first-order chi connectivity index (χ1) is 13.5. The molecule has 1 N–H and O–H groups in total. The summed E-state index contributed by atoms with van der Waals surface area (Å²) in [6.07, 6.45) is 6.18. The molecule has 1 aromatic heterocycles. The molecule has 1 fully saturated rings. The van der Waals surface area contributed by atoms with Crippen molar-refractivity contribution in [3.05, 3.63) is 39.6 Å². The zero-order valence-corrected chi connectivity index (χ0v) is 19.0. The van der Waals surface area contributed by atoms with Gasteiger partial charge < -0.3 is 10.2 Å². The minimum atomic E-state index is 0.511. The summed E-state index contributed by atoms with van der Waals surface area (Å²) in [5, 5.41) is 3.76. The van der Waals surface area contributed by atoms with Crippen LogP contribution in [0.4, 0.5) is 17.3 Å². The number of aryl methyl sites for hydroxylation is 1. The molecule has 0 radical (unpaired) electrons. The average Bonchev–Trinajstić information content (AvgIpc) is 3.38. The highest BCUT2D eigenvalue weighted by Crippen LogP contribution is 2.41. The van der Waals surface area contributed by atoms with Gasteiger partial charge in [-0.3, -0.25) is 0 Å². The van der Waals surface area contributed by atoms with Gasteiger partial charge in [-0.25, -0.2) is 9.97 Å². The molecule has 1 unspecified atom stereocenters. The molecule has 4 rings (SSSR count). The predicted octanol–water partition coefficient (Wildman–Crippen LogP) is 6.36. The number of benzene rings is 1. The standard InChI is InChI=1S/C23H31BrN4/c1-5-18(12-16-6-7-16)27-22-19-10-11-28(23(19)26-15(4)25-22)21-9-8-17(14(2)3)13-20(21)24/h8-9,13-14,16,18H,5-7,10-12H2,1-4H3,(H,25,26,27). The summed E-state index contributed by atoms with van der Waals surface area (Å²) >= 11 is 3.80. The van der Waals surface area contributed by atoms with Gasteiger partial charge in [-0.15, -0.1) is 0 Å². The molecule has 2 aromatic rings. The fourth-order valence-electron chi connectivity index (χ4n) is 4.10. The fraction of sp³-hybridized carbons (Fsp3) is 0.565. The van der Waals surface area contributed by atoms with E-state index >= 15 is 0 Å². The number of anilines is 3. The first-order valence-corrected chi connectivity index (χ1v) is 11.5. The Hall–Kier alpha value is -1.62. The van der Waals surface area contributed by atoms with E-state index in [-0.39, 0.29) is 0 Å².